The van der Waals surface area contributed by atoms with Crippen LogP contribution >= 0.6 is 0 Å². The van der Waals surface area contributed by atoms with Crippen LogP contribution in [-0.4, -0.2) is 25.7 Å². The summed E-state index contributed by atoms with van der Waals surface area (Å²) in [4.78, 5) is 12.4. The number of anilines is 2. The molecule has 0 aromatic heterocycles. The van der Waals surface area contributed by atoms with Crippen molar-refractivity contribution in [2.45, 2.75) is 6.61 Å². The van der Waals surface area contributed by atoms with Crippen molar-refractivity contribution in [2.24, 2.45) is 0 Å². The molecule has 0 aliphatic heterocycles. The molecule has 0 bridgehead atoms. The number of amides is 1. The van der Waals surface area contributed by atoms with E-state index in [1.807, 2.05) is 109 Å². The third-order valence-electron chi connectivity index (χ3n) is 5.02. The number of hydrogen-bond acceptors (Lipinski definition) is 5. The number of hydrogen-bond donors (Lipinski definition) is 2. The summed E-state index contributed by atoms with van der Waals surface area (Å²) >= 11 is 0. The highest BCUT2D eigenvalue weighted by molar-refractivity contribution is 5.93. The smallest absolute Gasteiger partial charge is 0.243 e. The minimum absolute atomic E-state index is 0.121. The zero-order chi connectivity index (χ0) is 24.1. The topological polar surface area (TPSA) is 68.8 Å². The monoisotopic (exact) mass is 468 g/mol. The highest BCUT2D eigenvalue weighted by Gasteiger charge is 2.05. The molecule has 0 aliphatic rings. The van der Waals surface area contributed by atoms with E-state index in [0.29, 0.717) is 37.0 Å². The second kappa shape index (κ2) is 12.7. The lowest BCUT2D eigenvalue weighted by Gasteiger charge is -2.12. The van der Waals surface area contributed by atoms with Crippen LogP contribution in [0, 0.1) is 0 Å². The van der Waals surface area contributed by atoms with Crippen molar-refractivity contribution in [2.75, 3.05) is 30.4 Å². The van der Waals surface area contributed by atoms with Gasteiger partial charge < -0.3 is 24.8 Å². The van der Waals surface area contributed by atoms with Crippen molar-refractivity contribution in [3.05, 3.63) is 115 Å². The molecule has 0 saturated heterocycles. The van der Waals surface area contributed by atoms with Crippen molar-refractivity contribution in [1.82, 2.24) is 0 Å². The van der Waals surface area contributed by atoms with Crippen LogP contribution in [0.25, 0.3) is 0 Å². The molecular formula is C29H28N2O4. The molecule has 35 heavy (non-hydrogen) atoms. The van der Waals surface area contributed by atoms with Crippen molar-refractivity contribution in [1.29, 1.82) is 0 Å². The SMILES string of the molecule is O=C(CNc1cccc(OCCOc2ccccc2)c1)Nc1cccc(OCc2ccccc2)c1. The third kappa shape index (κ3) is 8.12. The third-order valence-corrected chi connectivity index (χ3v) is 5.02. The van der Waals surface area contributed by atoms with Gasteiger partial charge in [-0.05, 0) is 42.0 Å². The summed E-state index contributed by atoms with van der Waals surface area (Å²) in [6, 6.07) is 34.4. The number of ether oxygens (including phenoxy) is 3. The molecule has 4 rings (SSSR count). The number of benzene rings is 4. The van der Waals surface area contributed by atoms with E-state index < -0.39 is 0 Å². The first kappa shape index (κ1) is 23.7. The van der Waals surface area contributed by atoms with Crippen LogP contribution in [0.4, 0.5) is 11.4 Å². The molecular weight excluding hydrogens is 440 g/mol. The molecule has 1 amide bonds. The summed E-state index contributed by atoms with van der Waals surface area (Å²) in [6.45, 7) is 1.45. The zero-order valence-corrected chi connectivity index (χ0v) is 19.4. The fourth-order valence-electron chi connectivity index (χ4n) is 3.32. The van der Waals surface area contributed by atoms with Crippen LogP contribution < -0.4 is 24.8 Å². The summed E-state index contributed by atoms with van der Waals surface area (Å²) in [7, 11) is 0. The first-order valence-electron chi connectivity index (χ1n) is 11.5. The van der Waals surface area contributed by atoms with Gasteiger partial charge in [0.05, 0.1) is 6.54 Å². The molecule has 0 radical (unpaired) electrons. The molecule has 6 nitrogen and oxygen atoms in total. The minimum Gasteiger partial charge on any atom is -0.490 e. The number of carbonyl (C=O) groups excluding carboxylic acids is 1. The molecule has 4 aromatic rings. The van der Waals surface area contributed by atoms with Gasteiger partial charge in [0.25, 0.3) is 0 Å². The quantitative estimate of drug-likeness (QED) is 0.258. The summed E-state index contributed by atoms with van der Waals surface area (Å²) in [6.07, 6.45) is 0. The number of carbonyl (C=O) groups is 1. The Morgan fingerprint density at radius 2 is 1.17 bits per heavy atom. The van der Waals surface area contributed by atoms with E-state index in [9.17, 15) is 4.79 Å². The van der Waals surface area contributed by atoms with Crippen LogP contribution in [0.15, 0.2) is 109 Å². The molecule has 0 spiro atoms. The Morgan fingerprint density at radius 1 is 0.600 bits per heavy atom. The second-order valence-corrected chi connectivity index (χ2v) is 7.74. The lowest BCUT2D eigenvalue weighted by atomic mass is 10.2. The van der Waals surface area contributed by atoms with E-state index in [4.69, 9.17) is 14.2 Å². The van der Waals surface area contributed by atoms with Crippen LogP contribution in [0.2, 0.25) is 0 Å². The molecule has 0 atom stereocenters. The Morgan fingerprint density at radius 3 is 1.91 bits per heavy atom. The lowest BCUT2D eigenvalue weighted by molar-refractivity contribution is -0.114. The van der Waals surface area contributed by atoms with Crippen molar-refractivity contribution >= 4 is 17.3 Å². The van der Waals surface area contributed by atoms with E-state index in [0.717, 1.165) is 17.0 Å². The van der Waals surface area contributed by atoms with Crippen LogP contribution in [0.3, 0.4) is 0 Å². The predicted molar refractivity (Wildman–Crippen MR) is 138 cm³/mol. The average molecular weight is 469 g/mol. The largest absolute Gasteiger partial charge is 0.490 e. The van der Waals surface area contributed by atoms with E-state index in [1.165, 1.54) is 0 Å². The van der Waals surface area contributed by atoms with E-state index >= 15 is 0 Å². The highest BCUT2D eigenvalue weighted by atomic mass is 16.5. The number of para-hydroxylation sites is 1. The van der Waals surface area contributed by atoms with Gasteiger partial charge in [-0.15, -0.1) is 0 Å². The summed E-state index contributed by atoms with van der Waals surface area (Å²) in [5.41, 5.74) is 2.56. The predicted octanol–water partition coefficient (Wildman–Crippen LogP) is 5.77. The summed E-state index contributed by atoms with van der Waals surface area (Å²) < 4.78 is 17.2. The molecule has 6 heteroatoms. The molecule has 178 valence electrons. The maximum atomic E-state index is 12.4. The van der Waals surface area contributed by atoms with Gasteiger partial charge in [-0.25, -0.2) is 0 Å². The molecule has 0 unspecified atom stereocenters. The van der Waals surface area contributed by atoms with Crippen LogP contribution in [0.5, 0.6) is 17.2 Å². The van der Waals surface area contributed by atoms with Gasteiger partial charge in [-0.1, -0.05) is 60.7 Å². The Balaban J connectivity index is 1.20. The molecule has 2 N–H and O–H groups in total. The van der Waals surface area contributed by atoms with Gasteiger partial charge in [0.2, 0.25) is 5.91 Å². The second-order valence-electron chi connectivity index (χ2n) is 7.74. The molecule has 0 saturated carbocycles. The minimum atomic E-state index is -0.159. The first-order chi connectivity index (χ1) is 17.2. The van der Waals surface area contributed by atoms with Gasteiger partial charge >= 0.3 is 0 Å². The Bertz CT molecular complexity index is 1200. The molecule has 0 fully saturated rings. The Hall–Kier alpha value is -4.45. The number of rotatable bonds is 12. The highest BCUT2D eigenvalue weighted by Crippen LogP contribution is 2.20. The normalized spacial score (nSPS) is 10.3. The van der Waals surface area contributed by atoms with E-state index in [1.54, 1.807) is 0 Å². The Labute approximate surface area is 205 Å². The first-order valence-corrected chi connectivity index (χ1v) is 11.5. The standard InChI is InChI=1S/C29H28N2O4/c32-29(31-25-12-8-16-28(20-25)35-22-23-9-3-1-4-10-23)21-30-24-11-7-15-27(19-24)34-18-17-33-26-13-5-2-6-14-26/h1-16,19-20,30H,17-18,21-22H2,(H,31,32). The lowest BCUT2D eigenvalue weighted by Crippen LogP contribution is -2.21. The van der Waals surface area contributed by atoms with Crippen molar-refractivity contribution < 1.29 is 19.0 Å². The van der Waals surface area contributed by atoms with Gasteiger partial charge in [0.15, 0.2) is 0 Å². The summed E-state index contributed by atoms with van der Waals surface area (Å²) in [5.74, 6) is 2.05. The van der Waals surface area contributed by atoms with Gasteiger partial charge in [0, 0.05) is 23.5 Å². The van der Waals surface area contributed by atoms with Crippen molar-refractivity contribution in [3.63, 3.8) is 0 Å². The van der Waals surface area contributed by atoms with Crippen molar-refractivity contribution in [3.8, 4) is 17.2 Å². The van der Waals surface area contributed by atoms with Gasteiger partial charge in [-0.2, -0.15) is 0 Å². The van der Waals surface area contributed by atoms with Crippen LogP contribution in [-0.2, 0) is 11.4 Å². The van der Waals surface area contributed by atoms with Gasteiger partial charge in [0.1, 0.15) is 37.1 Å². The molecule has 4 aromatic carbocycles. The van der Waals surface area contributed by atoms with E-state index in [-0.39, 0.29) is 12.5 Å². The molecule has 0 heterocycles. The fourth-order valence-corrected chi connectivity index (χ4v) is 3.32. The van der Waals surface area contributed by atoms with E-state index in [2.05, 4.69) is 10.6 Å². The zero-order valence-electron chi connectivity index (χ0n) is 19.4. The Kier molecular flexibility index (Phi) is 8.60. The average Bonchev–Trinajstić information content (AvgIpc) is 2.90. The summed E-state index contributed by atoms with van der Waals surface area (Å²) in [5, 5.41) is 6.02. The fraction of sp³-hybridized carbons (Fsp3) is 0.138. The number of nitrogens with one attached hydrogen (secondary N) is 2. The maximum absolute atomic E-state index is 12.4. The van der Waals surface area contributed by atoms with Gasteiger partial charge in [-0.3, -0.25) is 4.79 Å². The van der Waals surface area contributed by atoms with Crippen LogP contribution in [0.1, 0.15) is 5.56 Å². The maximum Gasteiger partial charge on any atom is 0.243 e. The molecule has 0 aliphatic carbocycles.